The molecular formula is C13H16ClNO4. The smallest absolute Gasteiger partial charge is 0.339 e. The minimum absolute atomic E-state index is 0.0274. The van der Waals surface area contributed by atoms with Crippen molar-refractivity contribution in [2.24, 2.45) is 5.92 Å². The Bertz CT molecular complexity index is 476. The van der Waals surface area contributed by atoms with Gasteiger partial charge in [-0.25, -0.2) is 4.79 Å². The molecule has 0 amide bonds. The normalized spacial score (nSPS) is 11.9. The Morgan fingerprint density at radius 3 is 2.79 bits per heavy atom. The average molecular weight is 286 g/mol. The number of ether oxygens (including phenoxy) is 1. The van der Waals surface area contributed by atoms with Gasteiger partial charge < -0.3 is 4.74 Å². The molecule has 0 aliphatic carbocycles. The monoisotopic (exact) mass is 285 g/mol. The second kappa shape index (κ2) is 7.09. The first-order chi connectivity index (χ1) is 8.97. The first-order valence-electron chi connectivity index (χ1n) is 6.07. The Hall–Kier alpha value is -1.62. The summed E-state index contributed by atoms with van der Waals surface area (Å²) in [5.74, 6) is -0.372. The molecular weight excluding hydrogens is 270 g/mol. The zero-order chi connectivity index (χ0) is 14.4. The summed E-state index contributed by atoms with van der Waals surface area (Å²) in [7, 11) is 0. The molecule has 19 heavy (non-hydrogen) atoms. The van der Waals surface area contributed by atoms with Crippen LogP contribution < -0.4 is 0 Å². The average Bonchev–Trinajstić information content (AvgIpc) is 2.36. The molecule has 0 radical (unpaired) electrons. The summed E-state index contributed by atoms with van der Waals surface area (Å²) in [6, 6.07) is 4.08. The number of nitrogens with zero attached hydrogens (tertiary/aromatic N) is 1. The number of carbonyl (C=O) groups excluding carboxylic acids is 1. The van der Waals surface area contributed by atoms with E-state index in [9.17, 15) is 14.9 Å². The van der Waals surface area contributed by atoms with Crippen LogP contribution in [0.1, 0.15) is 37.0 Å². The third-order valence-corrected chi connectivity index (χ3v) is 3.07. The van der Waals surface area contributed by atoms with Crippen LogP contribution in [0.3, 0.4) is 0 Å². The highest BCUT2D eigenvalue weighted by molar-refractivity contribution is 6.35. The van der Waals surface area contributed by atoms with Crippen LogP contribution in [0.2, 0.25) is 5.02 Å². The molecule has 1 unspecified atom stereocenters. The number of halogens is 1. The van der Waals surface area contributed by atoms with E-state index < -0.39 is 10.9 Å². The molecule has 1 atom stereocenters. The highest BCUT2D eigenvalue weighted by Crippen LogP contribution is 2.28. The number of esters is 1. The minimum atomic E-state index is -0.628. The third-order valence-electron chi connectivity index (χ3n) is 2.68. The van der Waals surface area contributed by atoms with Crippen molar-refractivity contribution in [1.29, 1.82) is 0 Å². The molecule has 0 heterocycles. The summed E-state index contributed by atoms with van der Waals surface area (Å²) >= 11 is 5.83. The van der Waals surface area contributed by atoms with Gasteiger partial charge in [-0.15, -0.1) is 0 Å². The van der Waals surface area contributed by atoms with Gasteiger partial charge in [0.2, 0.25) is 0 Å². The number of nitro benzene ring substituents is 1. The van der Waals surface area contributed by atoms with Gasteiger partial charge >= 0.3 is 5.97 Å². The van der Waals surface area contributed by atoms with E-state index in [1.54, 1.807) is 0 Å². The van der Waals surface area contributed by atoms with E-state index >= 15 is 0 Å². The van der Waals surface area contributed by atoms with E-state index in [1.165, 1.54) is 18.2 Å². The summed E-state index contributed by atoms with van der Waals surface area (Å²) in [4.78, 5) is 21.9. The Morgan fingerprint density at radius 2 is 2.21 bits per heavy atom. The summed E-state index contributed by atoms with van der Waals surface area (Å²) in [6.45, 7) is 4.31. The lowest BCUT2D eigenvalue weighted by molar-refractivity contribution is -0.384. The lowest BCUT2D eigenvalue weighted by atomic mass is 10.1. The molecule has 104 valence electrons. The molecule has 0 spiro atoms. The van der Waals surface area contributed by atoms with Gasteiger partial charge in [-0.1, -0.05) is 37.9 Å². The standard InChI is InChI=1S/C13H16ClNO4/c1-3-5-9(2)8-19-13(16)10-6-4-7-11(12(10)14)15(17)18/h4,6-7,9H,3,5,8H2,1-2H3. The maximum absolute atomic E-state index is 11.8. The van der Waals surface area contributed by atoms with Crippen LogP contribution in [0.4, 0.5) is 5.69 Å². The predicted octanol–water partition coefficient (Wildman–Crippen LogP) is 3.84. The summed E-state index contributed by atoms with van der Waals surface area (Å²) in [5.41, 5.74) is -0.266. The number of benzene rings is 1. The second-order valence-corrected chi connectivity index (χ2v) is 4.77. The lowest BCUT2D eigenvalue weighted by Gasteiger charge is -2.11. The molecule has 1 aromatic rings. The quantitative estimate of drug-likeness (QED) is 0.452. The second-order valence-electron chi connectivity index (χ2n) is 4.39. The van der Waals surface area contributed by atoms with Crippen molar-refractivity contribution in [3.63, 3.8) is 0 Å². The Morgan fingerprint density at radius 1 is 1.53 bits per heavy atom. The van der Waals surface area contributed by atoms with E-state index in [0.717, 1.165) is 12.8 Å². The maximum Gasteiger partial charge on any atom is 0.339 e. The zero-order valence-corrected chi connectivity index (χ0v) is 11.6. The third kappa shape index (κ3) is 4.21. The lowest BCUT2D eigenvalue weighted by Crippen LogP contribution is -2.12. The van der Waals surface area contributed by atoms with E-state index in [1.807, 2.05) is 6.92 Å². The van der Waals surface area contributed by atoms with Crippen molar-refractivity contribution in [2.45, 2.75) is 26.7 Å². The molecule has 5 nitrogen and oxygen atoms in total. The first-order valence-corrected chi connectivity index (χ1v) is 6.45. The van der Waals surface area contributed by atoms with Crippen LogP contribution in [-0.4, -0.2) is 17.5 Å². The van der Waals surface area contributed by atoms with Crippen molar-refractivity contribution < 1.29 is 14.5 Å². The number of rotatable bonds is 6. The van der Waals surface area contributed by atoms with Crippen molar-refractivity contribution in [1.82, 2.24) is 0 Å². The SMILES string of the molecule is CCCC(C)COC(=O)c1cccc([N+](=O)[O-])c1Cl. The first kappa shape index (κ1) is 15.4. The molecule has 6 heteroatoms. The van der Waals surface area contributed by atoms with Crippen LogP contribution in [-0.2, 0) is 4.74 Å². The molecule has 0 bridgehead atoms. The van der Waals surface area contributed by atoms with E-state index in [2.05, 4.69) is 6.92 Å². The van der Waals surface area contributed by atoms with Crippen LogP contribution in [0.25, 0.3) is 0 Å². The minimum Gasteiger partial charge on any atom is -0.462 e. The van der Waals surface area contributed by atoms with Gasteiger partial charge in [-0.2, -0.15) is 0 Å². The van der Waals surface area contributed by atoms with E-state index in [4.69, 9.17) is 16.3 Å². The molecule has 0 N–H and O–H groups in total. The van der Waals surface area contributed by atoms with Crippen LogP contribution in [0, 0.1) is 16.0 Å². The van der Waals surface area contributed by atoms with Gasteiger partial charge in [-0.05, 0) is 18.4 Å². The van der Waals surface area contributed by atoms with E-state index in [-0.39, 0.29) is 28.8 Å². The van der Waals surface area contributed by atoms with Gasteiger partial charge in [0.15, 0.2) is 0 Å². The molecule has 1 rings (SSSR count). The molecule has 0 saturated carbocycles. The summed E-state index contributed by atoms with van der Waals surface area (Å²) in [6.07, 6.45) is 1.96. The number of hydrogen-bond donors (Lipinski definition) is 0. The number of carbonyl (C=O) groups is 1. The van der Waals surface area contributed by atoms with Crippen LogP contribution in [0.5, 0.6) is 0 Å². The molecule has 0 fully saturated rings. The number of hydrogen-bond acceptors (Lipinski definition) is 4. The van der Waals surface area contributed by atoms with Crippen molar-refractivity contribution >= 4 is 23.3 Å². The molecule has 1 aromatic carbocycles. The van der Waals surface area contributed by atoms with Crippen LogP contribution in [0.15, 0.2) is 18.2 Å². The summed E-state index contributed by atoms with van der Waals surface area (Å²) in [5, 5.41) is 10.5. The van der Waals surface area contributed by atoms with Gasteiger partial charge in [0, 0.05) is 6.07 Å². The fourth-order valence-corrected chi connectivity index (χ4v) is 1.96. The number of nitro groups is 1. The van der Waals surface area contributed by atoms with Gasteiger partial charge in [-0.3, -0.25) is 10.1 Å². The van der Waals surface area contributed by atoms with Crippen LogP contribution >= 0.6 is 11.6 Å². The zero-order valence-electron chi connectivity index (χ0n) is 10.9. The van der Waals surface area contributed by atoms with Gasteiger partial charge in [0.05, 0.1) is 17.1 Å². The highest BCUT2D eigenvalue weighted by atomic mass is 35.5. The fourth-order valence-electron chi connectivity index (χ4n) is 1.69. The maximum atomic E-state index is 11.8. The molecule has 0 aliphatic heterocycles. The Labute approximate surface area is 116 Å². The Kier molecular flexibility index (Phi) is 5.76. The fraction of sp³-hybridized carbons (Fsp3) is 0.462. The van der Waals surface area contributed by atoms with Gasteiger partial charge in [0.1, 0.15) is 5.02 Å². The highest BCUT2D eigenvalue weighted by Gasteiger charge is 2.21. The molecule has 0 aliphatic rings. The largest absolute Gasteiger partial charge is 0.462 e. The molecule has 0 saturated heterocycles. The van der Waals surface area contributed by atoms with Gasteiger partial charge in [0.25, 0.3) is 5.69 Å². The predicted molar refractivity (Wildman–Crippen MR) is 72.5 cm³/mol. The van der Waals surface area contributed by atoms with Crippen molar-refractivity contribution in [2.75, 3.05) is 6.61 Å². The topological polar surface area (TPSA) is 69.4 Å². The van der Waals surface area contributed by atoms with E-state index in [0.29, 0.717) is 0 Å². The summed E-state index contributed by atoms with van der Waals surface area (Å²) < 4.78 is 5.11. The Balaban J connectivity index is 2.78. The van der Waals surface area contributed by atoms with Crippen molar-refractivity contribution in [3.8, 4) is 0 Å². The molecule has 0 aromatic heterocycles. The van der Waals surface area contributed by atoms with Crippen molar-refractivity contribution in [3.05, 3.63) is 38.9 Å².